The van der Waals surface area contributed by atoms with Crippen LogP contribution < -0.4 is 11.1 Å². The van der Waals surface area contributed by atoms with Crippen LogP contribution in [0.15, 0.2) is 42.6 Å². The lowest BCUT2D eigenvalue weighted by Crippen LogP contribution is -2.03. The zero-order valence-corrected chi connectivity index (χ0v) is 9.91. The summed E-state index contributed by atoms with van der Waals surface area (Å²) in [7, 11) is 0. The number of aromatic nitrogens is 3. The maximum absolute atomic E-state index is 8.98. The number of fused-ring (bicyclic) bond motifs is 1. The molecule has 0 saturated heterocycles. The summed E-state index contributed by atoms with van der Waals surface area (Å²) in [6, 6.07) is 13.3. The number of rotatable bonds is 2. The van der Waals surface area contributed by atoms with Crippen molar-refractivity contribution in [3.63, 3.8) is 0 Å². The molecule has 0 radical (unpaired) electrons. The first-order valence-electron chi connectivity index (χ1n) is 5.64. The third-order valence-corrected chi connectivity index (χ3v) is 2.66. The van der Waals surface area contributed by atoms with Crippen LogP contribution in [0.5, 0.6) is 0 Å². The highest BCUT2D eigenvalue weighted by Crippen LogP contribution is 2.19. The smallest absolute Gasteiger partial charge is 0.178 e. The van der Waals surface area contributed by atoms with Gasteiger partial charge < -0.3 is 11.1 Å². The van der Waals surface area contributed by atoms with Crippen molar-refractivity contribution < 1.29 is 0 Å². The van der Waals surface area contributed by atoms with Crippen LogP contribution in [0, 0.1) is 11.3 Å². The molecule has 6 nitrogen and oxygen atoms in total. The number of hydrogen-bond donors (Lipinski definition) is 2. The van der Waals surface area contributed by atoms with Crippen molar-refractivity contribution in [2.75, 3.05) is 11.1 Å². The van der Waals surface area contributed by atoms with Gasteiger partial charge in [-0.3, -0.25) is 0 Å². The number of para-hydroxylation sites is 1. The van der Waals surface area contributed by atoms with Crippen molar-refractivity contribution in [3.8, 4) is 6.07 Å². The van der Waals surface area contributed by atoms with Crippen molar-refractivity contribution in [3.05, 3.63) is 48.3 Å². The standard InChI is InChI=1S/C13H10N6/c14-7-10-8-16-13-11(15)6-12(18-19(10)13)17-9-4-2-1-3-5-9/h1-6,8H,15H2,(H,17,18). The average Bonchev–Trinajstić information content (AvgIpc) is 2.83. The van der Waals surface area contributed by atoms with Gasteiger partial charge in [-0.15, -0.1) is 5.10 Å². The van der Waals surface area contributed by atoms with Gasteiger partial charge in [0.05, 0.1) is 11.9 Å². The summed E-state index contributed by atoms with van der Waals surface area (Å²) >= 11 is 0. The summed E-state index contributed by atoms with van der Waals surface area (Å²) in [5.74, 6) is 0.561. The zero-order valence-electron chi connectivity index (χ0n) is 9.91. The molecular formula is C13H10N6. The number of anilines is 3. The van der Waals surface area contributed by atoms with Crippen LogP contribution in [0.2, 0.25) is 0 Å². The lowest BCUT2D eigenvalue weighted by Gasteiger charge is -2.07. The van der Waals surface area contributed by atoms with E-state index in [9.17, 15) is 0 Å². The highest BCUT2D eigenvalue weighted by molar-refractivity contribution is 5.70. The van der Waals surface area contributed by atoms with Gasteiger partial charge >= 0.3 is 0 Å². The van der Waals surface area contributed by atoms with Crippen molar-refractivity contribution in [2.45, 2.75) is 0 Å². The molecule has 0 aliphatic carbocycles. The third-order valence-electron chi connectivity index (χ3n) is 2.66. The maximum Gasteiger partial charge on any atom is 0.178 e. The summed E-state index contributed by atoms with van der Waals surface area (Å²) in [6.45, 7) is 0. The van der Waals surface area contributed by atoms with Gasteiger partial charge in [-0.2, -0.15) is 9.78 Å². The molecular weight excluding hydrogens is 240 g/mol. The van der Waals surface area contributed by atoms with Crippen molar-refractivity contribution >= 4 is 22.8 Å². The average molecular weight is 250 g/mol. The molecule has 0 saturated carbocycles. The van der Waals surface area contributed by atoms with E-state index in [1.807, 2.05) is 36.4 Å². The molecule has 0 atom stereocenters. The molecule has 0 amide bonds. The Labute approximate surface area is 109 Å². The number of nitrogens with one attached hydrogen (secondary N) is 1. The van der Waals surface area contributed by atoms with Gasteiger partial charge in [0.15, 0.2) is 17.2 Å². The quantitative estimate of drug-likeness (QED) is 0.725. The zero-order chi connectivity index (χ0) is 13.2. The molecule has 2 aromatic heterocycles. The Morgan fingerprint density at radius 3 is 2.79 bits per heavy atom. The first-order valence-corrected chi connectivity index (χ1v) is 5.64. The van der Waals surface area contributed by atoms with E-state index in [0.29, 0.717) is 22.8 Å². The molecule has 2 heterocycles. The second-order valence-corrected chi connectivity index (χ2v) is 3.97. The Bertz CT molecular complexity index is 769. The predicted molar refractivity (Wildman–Crippen MR) is 71.8 cm³/mol. The van der Waals surface area contributed by atoms with Crippen LogP contribution >= 0.6 is 0 Å². The normalized spacial score (nSPS) is 10.3. The van der Waals surface area contributed by atoms with Gasteiger partial charge in [-0.1, -0.05) is 18.2 Å². The van der Waals surface area contributed by atoms with Gasteiger partial charge in [0.25, 0.3) is 0 Å². The fraction of sp³-hybridized carbons (Fsp3) is 0. The van der Waals surface area contributed by atoms with Crippen molar-refractivity contribution in [1.82, 2.24) is 14.6 Å². The summed E-state index contributed by atoms with van der Waals surface area (Å²) in [5, 5.41) is 16.4. The lowest BCUT2D eigenvalue weighted by atomic mass is 10.3. The molecule has 92 valence electrons. The summed E-state index contributed by atoms with van der Waals surface area (Å²) < 4.78 is 1.43. The fourth-order valence-electron chi connectivity index (χ4n) is 1.80. The van der Waals surface area contributed by atoms with Crippen molar-refractivity contribution in [2.24, 2.45) is 0 Å². The largest absolute Gasteiger partial charge is 0.396 e. The fourth-order valence-corrected chi connectivity index (χ4v) is 1.80. The molecule has 0 bridgehead atoms. The number of nitrogens with zero attached hydrogens (tertiary/aromatic N) is 4. The number of hydrogen-bond acceptors (Lipinski definition) is 5. The monoisotopic (exact) mass is 250 g/mol. The number of nitrogen functional groups attached to an aromatic ring is 1. The molecule has 0 fully saturated rings. The third kappa shape index (κ3) is 1.93. The van der Waals surface area contributed by atoms with E-state index in [1.165, 1.54) is 10.7 Å². The van der Waals surface area contributed by atoms with E-state index in [1.54, 1.807) is 6.07 Å². The van der Waals surface area contributed by atoms with Crippen molar-refractivity contribution in [1.29, 1.82) is 5.26 Å². The Morgan fingerprint density at radius 2 is 2.05 bits per heavy atom. The number of imidazole rings is 1. The van der Waals surface area contributed by atoms with E-state index in [0.717, 1.165) is 5.69 Å². The van der Waals surface area contributed by atoms with Crippen LogP contribution in [0.4, 0.5) is 17.2 Å². The minimum absolute atomic E-state index is 0.346. The second kappa shape index (κ2) is 4.31. The summed E-state index contributed by atoms with van der Waals surface area (Å²) in [4.78, 5) is 4.06. The van der Waals surface area contributed by atoms with Gasteiger partial charge in [-0.05, 0) is 12.1 Å². The molecule has 0 aliphatic rings. The summed E-state index contributed by atoms with van der Waals surface area (Å²) in [5.41, 5.74) is 8.10. The predicted octanol–water partition coefficient (Wildman–Crippen LogP) is 1.93. The summed E-state index contributed by atoms with van der Waals surface area (Å²) in [6.07, 6.45) is 1.45. The lowest BCUT2D eigenvalue weighted by molar-refractivity contribution is 0.928. The molecule has 0 spiro atoms. The number of nitrogens with two attached hydrogens (primary N) is 1. The minimum Gasteiger partial charge on any atom is -0.396 e. The molecule has 0 unspecified atom stereocenters. The van der Waals surface area contributed by atoms with Gasteiger partial charge in [0.2, 0.25) is 0 Å². The number of nitriles is 1. The topological polar surface area (TPSA) is 92.0 Å². The number of benzene rings is 1. The molecule has 6 heteroatoms. The molecule has 19 heavy (non-hydrogen) atoms. The molecule has 1 aromatic carbocycles. The molecule has 3 aromatic rings. The van der Waals surface area contributed by atoms with Gasteiger partial charge in [-0.25, -0.2) is 4.98 Å². The first-order chi connectivity index (χ1) is 9.28. The molecule has 3 rings (SSSR count). The Balaban J connectivity index is 2.08. The first kappa shape index (κ1) is 11.0. The van der Waals surface area contributed by atoms with Crippen LogP contribution in [-0.2, 0) is 0 Å². The maximum atomic E-state index is 8.98. The van der Waals surface area contributed by atoms with E-state index in [-0.39, 0.29) is 0 Å². The van der Waals surface area contributed by atoms with E-state index >= 15 is 0 Å². The Kier molecular flexibility index (Phi) is 2.50. The van der Waals surface area contributed by atoms with Crippen LogP contribution in [-0.4, -0.2) is 14.6 Å². The Hall–Kier alpha value is -3.07. The van der Waals surface area contributed by atoms with Crippen LogP contribution in [0.25, 0.3) is 5.65 Å². The molecule has 0 aliphatic heterocycles. The van der Waals surface area contributed by atoms with E-state index in [4.69, 9.17) is 11.0 Å². The highest BCUT2D eigenvalue weighted by Gasteiger charge is 2.09. The minimum atomic E-state index is 0.346. The highest BCUT2D eigenvalue weighted by atomic mass is 15.3. The van der Waals surface area contributed by atoms with Crippen LogP contribution in [0.3, 0.4) is 0 Å². The van der Waals surface area contributed by atoms with Gasteiger partial charge in [0.1, 0.15) is 6.07 Å². The van der Waals surface area contributed by atoms with E-state index in [2.05, 4.69) is 15.4 Å². The van der Waals surface area contributed by atoms with Crippen LogP contribution in [0.1, 0.15) is 5.69 Å². The Morgan fingerprint density at radius 1 is 1.26 bits per heavy atom. The van der Waals surface area contributed by atoms with E-state index < -0.39 is 0 Å². The van der Waals surface area contributed by atoms with Gasteiger partial charge in [0, 0.05) is 11.8 Å². The molecule has 3 N–H and O–H groups in total. The second-order valence-electron chi connectivity index (χ2n) is 3.97. The SMILES string of the molecule is N#Cc1cnc2c(N)cc(Nc3ccccc3)nn12.